The van der Waals surface area contributed by atoms with Gasteiger partial charge in [0.2, 0.25) is 0 Å². The van der Waals surface area contributed by atoms with E-state index in [4.69, 9.17) is 10.5 Å². The Morgan fingerprint density at radius 2 is 2.09 bits per heavy atom. The second-order valence-corrected chi connectivity index (χ2v) is 6.27. The second-order valence-electron chi connectivity index (χ2n) is 6.27. The maximum Gasteiger partial charge on any atom is 0.340 e. The van der Waals surface area contributed by atoms with E-state index in [1.165, 1.54) is 0 Å². The molecule has 5 nitrogen and oxygen atoms in total. The molecule has 0 aromatic heterocycles. The predicted octanol–water partition coefficient (Wildman–Crippen LogP) is 3.13. The molecule has 0 bridgehead atoms. The number of carbonyl (C=O) groups is 2. The SMILES string of the molecule is CCOC(=O)c1cccc(NC2=CC(=O)CC(C)(C)C2)c1N. The number of carbonyl (C=O) groups excluding carboxylic acids is 2. The number of hydrogen-bond donors (Lipinski definition) is 2. The first-order valence-electron chi connectivity index (χ1n) is 7.38. The Morgan fingerprint density at radius 3 is 2.73 bits per heavy atom. The van der Waals surface area contributed by atoms with Crippen molar-refractivity contribution in [1.82, 2.24) is 0 Å². The number of hydrogen-bond acceptors (Lipinski definition) is 5. The van der Waals surface area contributed by atoms with Gasteiger partial charge in [-0.1, -0.05) is 19.9 Å². The lowest BCUT2D eigenvalue weighted by molar-refractivity contribution is -0.117. The van der Waals surface area contributed by atoms with Crippen LogP contribution in [0, 0.1) is 5.41 Å². The Kier molecular flexibility index (Phi) is 4.54. The van der Waals surface area contributed by atoms with Crippen molar-refractivity contribution in [3.05, 3.63) is 35.5 Å². The molecule has 0 saturated heterocycles. The fourth-order valence-electron chi connectivity index (χ4n) is 2.66. The number of para-hydroxylation sites is 1. The molecule has 0 unspecified atom stereocenters. The Morgan fingerprint density at radius 1 is 1.36 bits per heavy atom. The fraction of sp³-hybridized carbons (Fsp3) is 0.412. The summed E-state index contributed by atoms with van der Waals surface area (Å²) in [6, 6.07) is 5.15. The maximum absolute atomic E-state index is 11.9. The minimum Gasteiger partial charge on any atom is -0.462 e. The van der Waals surface area contributed by atoms with E-state index in [0.29, 0.717) is 30.0 Å². The highest BCUT2D eigenvalue weighted by atomic mass is 16.5. The average Bonchev–Trinajstić information content (AvgIpc) is 2.39. The van der Waals surface area contributed by atoms with Crippen molar-refractivity contribution >= 4 is 23.1 Å². The molecule has 0 amide bonds. The Labute approximate surface area is 130 Å². The summed E-state index contributed by atoms with van der Waals surface area (Å²) in [5, 5.41) is 3.18. The van der Waals surface area contributed by atoms with E-state index < -0.39 is 5.97 Å². The van der Waals surface area contributed by atoms with Crippen LogP contribution in [0.3, 0.4) is 0 Å². The topological polar surface area (TPSA) is 81.4 Å². The Bertz CT molecular complexity index is 633. The molecule has 1 aromatic rings. The number of benzene rings is 1. The summed E-state index contributed by atoms with van der Waals surface area (Å²) in [7, 11) is 0. The van der Waals surface area contributed by atoms with Gasteiger partial charge >= 0.3 is 5.97 Å². The smallest absolute Gasteiger partial charge is 0.340 e. The van der Waals surface area contributed by atoms with E-state index in [2.05, 4.69) is 19.2 Å². The van der Waals surface area contributed by atoms with E-state index in [9.17, 15) is 9.59 Å². The number of nitrogen functional groups attached to an aromatic ring is 1. The van der Waals surface area contributed by atoms with Crippen LogP contribution < -0.4 is 11.1 Å². The molecule has 1 aliphatic rings. The van der Waals surface area contributed by atoms with Crippen LogP contribution in [-0.4, -0.2) is 18.4 Å². The lowest BCUT2D eigenvalue weighted by atomic mass is 9.79. The van der Waals surface area contributed by atoms with Crippen molar-refractivity contribution in [2.24, 2.45) is 5.41 Å². The Hall–Kier alpha value is -2.30. The predicted molar refractivity (Wildman–Crippen MR) is 86.5 cm³/mol. The molecule has 0 saturated carbocycles. The first kappa shape index (κ1) is 16.1. The molecule has 1 aromatic carbocycles. The van der Waals surface area contributed by atoms with Gasteiger partial charge < -0.3 is 15.8 Å². The van der Waals surface area contributed by atoms with E-state index in [-0.39, 0.29) is 11.2 Å². The van der Waals surface area contributed by atoms with Gasteiger partial charge in [0.15, 0.2) is 5.78 Å². The molecule has 0 fully saturated rings. The number of esters is 1. The average molecular weight is 302 g/mol. The molecule has 2 rings (SSSR count). The fourth-order valence-corrected chi connectivity index (χ4v) is 2.66. The normalized spacial score (nSPS) is 16.9. The van der Waals surface area contributed by atoms with Crippen LogP contribution in [-0.2, 0) is 9.53 Å². The van der Waals surface area contributed by atoms with Gasteiger partial charge in [0, 0.05) is 18.2 Å². The third-order valence-electron chi connectivity index (χ3n) is 3.55. The molecule has 0 aliphatic heterocycles. The number of anilines is 2. The molecule has 0 radical (unpaired) electrons. The first-order chi connectivity index (χ1) is 10.3. The molecule has 0 atom stereocenters. The summed E-state index contributed by atoms with van der Waals surface area (Å²) in [6.45, 7) is 6.15. The summed E-state index contributed by atoms with van der Waals surface area (Å²) < 4.78 is 4.99. The highest BCUT2D eigenvalue weighted by Crippen LogP contribution is 2.35. The van der Waals surface area contributed by atoms with E-state index in [0.717, 1.165) is 12.1 Å². The van der Waals surface area contributed by atoms with Gasteiger partial charge in [0.1, 0.15) is 0 Å². The largest absolute Gasteiger partial charge is 0.462 e. The van der Waals surface area contributed by atoms with Crippen LogP contribution in [0.25, 0.3) is 0 Å². The van der Waals surface area contributed by atoms with E-state index in [1.807, 2.05) is 0 Å². The number of rotatable bonds is 4. The summed E-state index contributed by atoms with van der Waals surface area (Å²) in [6.07, 6.45) is 2.90. The molecule has 0 heterocycles. The lowest BCUT2D eigenvalue weighted by Crippen LogP contribution is -2.24. The summed E-state index contributed by atoms with van der Waals surface area (Å²) >= 11 is 0. The van der Waals surface area contributed by atoms with Crippen molar-refractivity contribution in [2.75, 3.05) is 17.7 Å². The summed E-state index contributed by atoms with van der Waals surface area (Å²) in [5.41, 5.74) is 8.06. The maximum atomic E-state index is 11.9. The number of ketones is 1. The van der Waals surface area contributed by atoms with E-state index >= 15 is 0 Å². The van der Waals surface area contributed by atoms with Crippen molar-refractivity contribution in [3.63, 3.8) is 0 Å². The van der Waals surface area contributed by atoms with Crippen LogP contribution in [0.2, 0.25) is 0 Å². The quantitative estimate of drug-likeness (QED) is 0.659. The van der Waals surface area contributed by atoms with Crippen molar-refractivity contribution in [2.45, 2.75) is 33.6 Å². The zero-order valence-electron chi connectivity index (χ0n) is 13.2. The van der Waals surface area contributed by atoms with Gasteiger partial charge in [0.25, 0.3) is 0 Å². The van der Waals surface area contributed by atoms with Gasteiger partial charge in [-0.05, 0) is 30.9 Å². The number of ether oxygens (including phenoxy) is 1. The summed E-state index contributed by atoms with van der Waals surface area (Å²) in [5.74, 6) is -0.350. The molecule has 0 spiro atoms. The molecule has 118 valence electrons. The molecular formula is C17H22N2O3. The highest BCUT2D eigenvalue weighted by molar-refractivity contribution is 5.99. The van der Waals surface area contributed by atoms with Crippen LogP contribution >= 0.6 is 0 Å². The molecule has 3 N–H and O–H groups in total. The number of allylic oxidation sites excluding steroid dienone is 2. The van der Waals surface area contributed by atoms with Gasteiger partial charge in [-0.25, -0.2) is 4.79 Å². The van der Waals surface area contributed by atoms with Crippen LogP contribution in [0.5, 0.6) is 0 Å². The van der Waals surface area contributed by atoms with Crippen molar-refractivity contribution < 1.29 is 14.3 Å². The third kappa shape index (κ3) is 3.67. The molecule has 1 aliphatic carbocycles. The first-order valence-corrected chi connectivity index (χ1v) is 7.38. The molecular weight excluding hydrogens is 280 g/mol. The monoisotopic (exact) mass is 302 g/mol. The zero-order valence-corrected chi connectivity index (χ0v) is 13.2. The standard InChI is InChI=1S/C17H22N2O3/c1-4-22-16(21)13-6-5-7-14(15(13)18)19-11-8-12(20)10-17(2,3)9-11/h5-8,19H,4,9-10,18H2,1-3H3. The summed E-state index contributed by atoms with van der Waals surface area (Å²) in [4.78, 5) is 23.7. The van der Waals surface area contributed by atoms with Crippen molar-refractivity contribution in [1.29, 1.82) is 0 Å². The number of nitrogens with two attached hydrogens (primary N) is 1. The second kappa shape index (κ2) is 6.22. The molecule has 22 heavy (non-hydrogen) atoms. The highest BCUT2D eigenvalue weighted by Gasteiger charge is 2.28. The van der Waals surface area contributed by atoms with E-state index in [1.54, 1.807) is 31.2 Å². The Balaban J connectivity index is 2.25. The van der Waals surface area contributed by atoms with Gasteiger partial charge in [-0.2, -0.15) is 0 Å². The van der Waals surface area contributed by atoms with Crippen LogP contribution in [0.4, 0.5) is 11.4 Å². The molecule has 5 heteroatoms. The van der Waals surface area contributed by atoms with Crippen molar-refractivity contribution in [3.8, 4) is 0 Å². The van der Waals surface area contributed by atoms with Gasteiger partial charge in [-0.3, -0.25) is 4.79 Å². The van der Waals surface area contributed by atoms with Gasteiger partial charge in [-0.15, -0.1) is 0 Å². The minimum absolute atomic E-state index is 0.0817. The minimum atomic E-state index is -0.447. The third-order valence-corrected chi connectivity index (χ3v) is 3.55. The van der Waals surface area contributed by atoms with Crippen LogP contribution in [0.1, 0.15) is 44.0 Å². The zero-order chi connectivity index (χ0) is 16.3. The number of nitrogens with one attached hydrogen (secondary N) is 1. The van der Waals surface area contributed by atoms with Gasteiger partial charge in [0.05, 0.1) is 23.5 Å². The lowest BCUT2D eigenvalue weighted by Gasteiger charge is -2.29. The van der Waals surface area contributed by atoms with Crippen LogP contribution in [0.15, 0.2) is 30.0 Å².